The highest BCUT2D eigenvalue weighted by atomic mass is 79.9. The Hall–Kier alpha value is -2.43. The summed E-state index contributed by atoms with van der Waals surface area (Å²) < 4.78 is 5.92. The number of imidazole rings is 1. The Kier molecular flexibility index (Phi) is 6.07. The van der Waals surface area contributed by atoms with Crippen molar-refractivity contribution in [3.05, 3.63) is 74.3 Å². The monoisotopic (exact) mass is 525 g/mol. The number of unbranched alkanes of at least 4 members (excludes halogenated alkanes) is 1. The molecule has 4 aromatic rings. The van der Waals surface area contributed by atoms with Crippen molar-refractivity contribution in [2.24, 2.45) is 0 Å². The van der Waals surface area contributed by atoms with Crippen LogP contribution in [0.2, 0.25) is 0 Å². The average Bonchev–Trinajstić information content (AvgIpc) is 3.28. The van der Waals surface area contributed by atoms with Crippen molar-refractivity contribution >= 4 is 43.0 Å². The van der Waals surface area contributed by atoms with Crippen molar-refractivity contribution in [1.82, 2.24) is 19.1 Å². The fourth-order valence-corrected chi connectivity index (χ4v) is 4.66. The molecule has 1 aromatic carbocycles. The molecule has 7 heteroatoms. The van der Waals surface area contributed by atoms with E-state index in [1.807, 2.05) is 35.2 Å². The van der Waals surface area contributed by atoms with Gasteiger partial charge in [0, 0.05) is 27.8 Å². The van der Waals surface area contributed by atoms with Gasteiger partial charge in [-0.1, -0.05) is 19.4 Å². The molecule has 0 radical (unpaired) electrons. The highest BCUT2D eigenvalue weighted by Gasteiger charge is 2.15. The van der Waals surface area contributed by atoms with E-state index in [1.54, 1.807) is 0 Å². The molecule has 0 aliphatic rings. The van der Waals surface area contributed by atoms with Crippen molar-refractivity contribution in [2.45, 2.75) is 39.7 Å². The van der Waals surface area contributed by atoms with Gasteiger partial charge in [0.1, 0.15) is 23.1 Å². The Bertz CT molecular complexity index is 1260. The number of nitrogens with zero attached hydrogens (tertiary/aromatic N) is 5. The van der Waals surface area contributed by atoms with Gasteiger partial charge < -0.3 is 9.13 Å². The summed E-state index contributed by atoms with van der Waals surface area (Å²) in [5.41, 5.74) is 5.72. The zero-order chi connectivity index (χ0) is 21.3. The molecule has 0 atom stereocenters. The van der Waals surface area contributed by atoms with E-state index in [0.717, 1.165) is 62.0 Å². The molecule has 3 aromatic heterocycles. The molecule has 0 bridgehead atoms. The van der Waals surface area contributed by atoms with E-state index < -0.39 is 0 Å². The van der Waals surface area contributed by atoms with Crippen molar-refractivity contribution in [1.29, 1.82) is 5.26 Å². The number of benzene rings is 1. The first-order valence-corrected chi connectivity index (χ1v) is 11.5. The van der Waals surface area contributed by atoms with Crippen LogP contribution in [0.25, 0.3) is 16.9 Å². The molecule has 3 heterocycles. The van der Waals surface area contributed by atoms with E-state index in [-0.39, 0.29) is 0 Å². The molecule has 4 rings (SSSR count). The molecular formula is C23H21Br2N5. The average molecular weight is 527 g/mol. The maximum atomic E-state index is 9.41. The van der Waals surface area contributed by atoms with E-state index in [9.17, 15) is 5.26 Å². The summed E-state index contributed by atoms with van der Waals surface area (Å²) in [6.45, 7) is 4.98. The number of hydrogen-bond donors (Lipinski definition) is 0. The molecule has 0 aliphatic heterocycles. The predicted octanol–water partition coefficient (Wildman–Crippen LogP) is 6.32. The van der Waals surface area contributed by atoms with Crippen molar-refractivity contribution in [3.63, 3.8) is 0 Å². The molecule has 0 amide bonds. The summed E-state index contributed by atoms with van der Waals surface area (Å²) in [5, 5.41) is 9.41. The van der Waals surface area contributed by atoms with Crippen LogP contribution in [0, 0.1) is 18.3 Å². The van der Waals surface area contributed by atoms with Crippen LogP contribution < -0.4 is 0 Å². The Morgan fingerprint density at radius 2 is 2.00 bits per heavy atom. The number of rotatable bonds is 6. The highest BCUT2D eigenvalue weighted by molar-refractivity contribution is 9.10. The predicted molar refractivity (Wildman–Crippen MR) is 126 cm³/mol. The molecule has 30 heavy (non-hydrogen) atoms. The van der Waals surface area contributed by atoms with E-state index >= 15 is 0 Å². The fraction of sp³-hybridized carbons (Fsp3) is 0.261. The van der Waals surface area contributed by atoms with Crippen LogP contribution in [0.1, 0.15) is 42.4 Å². The molecule has 0 saturated carbocycles. The first-order chi connectivity index (χ1) is 14.5. The van der Waals surface area contributed by atoms with Crippen molar-refractivity contribution < 1.29 is 0 Å². The van der Waals surface area contributed by atoms with Gasteiger partial charge in [-0.05, 0) is 80.6 Å². The molecule has 0 aliphatic carbocycles. The fourth-order valence-electron chi connectivity index (χ4n) is 3.62. The van der Waals surface area contributed by atoms with E-state index in [0.29, 0.717) is 12.2 Å². The van der Waals surface area contributed by atoms with Crippen LogP contribution in [0.4, 0.5) is 0 Å². The molecule has 0 spiro atoms. The summed E-state index contributed by atoms with van der Waals surface area (Å²) in [6, 6.07) is 12.3. The minimum atomic E-state index is 0.581. The quantitative estimate of drug-likeness (QED) is 0.295. The standard InChI is InChI=1S/C23H21Br2N5/c1-3-4-5-21-28-22-15(2)8-9-27-23(22)30(21)13-16-6-7-20(19(25)10-16)29-14-17(24)11-18(29)12-26/h6-11,14H,3-5,13H2,1-2H3. The number of hydrogen-bond acceptors (Lipinski definition) is 3. The van der Waals surface area contributed by atoms with Crippen LogP contribution in [-0.4, -0.2) is 19.1 Å². The zero-order valence-corrected chi connectivity index (χ0v) is 20.0. The van der Waals surface area contributed by atoms with Gasteiger partial charge in [-0.25, -0.2) is 9.97 Å². The smallest absolute Gasteiger partial charge is 0.160 e. The second kappa shape index (κ2) is 8.75. The normalized spacial score (nSPS) is 11.2. The second-order valence-corrected chi connectivity index (χ2v) is 9.10. The maximum Gasteiger partial charge on any atom is 0.160 e. The van der Waals surface area contributed by atoms with E-state index in [1.165, 1.54) is 0 Å². The Morgan fingerprint density at radius 3 is 2.73 bits per heavy atom. The third-order valence-electron chi connectivity index (χ3n) is 5.18. The molecule has 152 valence electrons. The Morgan fingerprint density at radius 1 is 1.17 bits per heavy atom. The molecule has 5 nitrogen and oxygen atoms in total. The lowest BCUT2D eigenvalue weighted by atomic mass is 10.2. The van der Waals surface area contributed by atoms with Gasteiger partial charge in [0.25, 0.3) is 0 Å². The number of fused-ring (bicyclic) bond motifs is 1. The number of halogens is 2. The summed E-state index contributed by atoms with van der Waals surface area (Å²) in [6.07, 6.45) is 6.92. The van der Waals surface area contributed by atoms with Gasteiger partial charge in [-0.2, -0.15) is 5.26 Å². The van der Waals surface area contributed by atoms with Crippen LogP contribution in [0.3, 0.4) is 0 Å². The van der Waals surface area contributed by atoms with Gasteiger partial charge in [0.15, 0.2) is 5.65 Å². The van der Waals surface area contributed by atoms with Gasteiger partial charge in [-0.3, -0.25) is 0 Å². The lowest BCUT2D eigenvalue weighted by Gasteiger charge is -2.12. The zero-order valence-electron chi connectivity index (χ0n) is 16.9. The Labute approximate surface area is 192 Å². The summed E-state index contributed by atoms with van der Waals surface area (Å²) >= 11 is 7.15. The third-order valence-corrected chi connectivity index (χ3v) is 6.25. The molecule has 0 N–H and O–H groups in total. The number of nitriles is 1. The first kappa shape index (κ1) is 20.8. The SMILES string of the molecule is CCCCc1nc2c(C)ccnc2n1Cc1ccc(-n2cc(Br)cc2C#N)c(Br)c1. The molecule has 0 fully saturated rings. The minimum absolute atomic E-state index is 0.581. The van der Waals surface area contributed by atoms with Crippen LogP contribution >= 0.6 is 31.9 Å². The number of pyridine rings is 1. The van der Waals surface area contributed by atoms with Crippen LogP contribution in [0.5, 0.6) is 0 Å². The van der Waals surface area contributed by atoms with Crippen LogP contribution in [0.15, 0.2) is 51.7 Å². The lowest BCUT2D eigenvalue weighted by Crippen LogP contribution is -2.07. The maximum absolute atomic E-state index is 9.41. The Balaban J connectivity index is 1.73. The van der Waals surface area contributed by atoms with Gasteiger partial charge in [-0.15, -0.1) is 0 Å². The molecule has 0 saturated heterocycles. The number of aromatic nitrogens is 4. The first-order valence-electron chi connectivity index (χ1n) is 9.89. The van der Waals surface area contributed by atoms with Gasteiger partial charge in [0.2, 0.25) is 0 Å². The summed E-state index contributed by atoms with van der Waals surface area (Å²) in [5.74, 6) is 1.08. The summed E-state index contributed by atoms with van der Waals surface area (Å²) in [4.78, 5) is 9.53. The lowest BCUT2D eigenvalue weighted by molar-refractivity contribution is 0.686. The largest absolute Gasteiger partial charge is 0.308 e. The number of aryl methyl sites for hydroxylation is 2. The van der Waals surface area contributed by atoms with Gasteiger partial charge in [0.05, 0.1) is 12.2 Å². The highest BCUT2D eigenvalue weighted by Crippen LogP contribution is 2.28. The minimum Gasteiger partial charge on any atom is -0.308 e. The van der Waals surface area contributed by atoms with Crippen molar-refractivity contribution in [2.75, 3.05) is 0 Å². The molecular weight excluding hydrogens is 506 g/mol. The third kappa shape index (κ3) is 3.94. The van der Waals surface area contributed by atoms with Crippen molar-refractivity contribution in [3.8, 4) is 11.8 Å². The van der Waals surface area contributed by atoms with Crippen LogP contribution in [-0.2, 0) is 13.0 Å². The van der Waals surface area contributed by atoms with E-state index in [4.69, 9.17) is 4.98 Å². The van der Waals surface area contributed by atoms with Gasteiger partial charge >= 0.3 is 0 Å². The molecule has 0 unspecified atom stereocenters. The van der Waals surface area contributed by atoms with E-state index in [2.05, 4.69) is 73.5 Å². The second-order valence-electron chi connectivity index (χ2n) is 7.33. The summed E-state index contributed by atoms with van der Waals surface area (Å²) in [7, 11) is 0. The topological polar surface area (TPSA) is 59.4 Å².